The Balaban J connectivity index is 1.92. The lowest BCUT2D eigenvalue weighted by Gasteiger charge is -2.20. The number of hydrogen-bond donors (Lipinski definition) is 2. The van der Waals surface area contributed by atoms with E-state index in [2.05, 4.69) is 16.8 Å². The van der Waals surface area contributed by atoms with Crippen LogP contribution in [-0.4, -0.2) is 12.5 Å². The second kappa shape index (κ2) is 5.65. The third-order valence-corrected chi connectivity index (χ3v) is 4.40. The number of thiophene rings is 1. The Morgan fingerprint density at radius 3 is 3.12 bits per heavy atom. The first-order valence-corrected chi connectivity index (χ1v) is 7.19. The lowest BCUT2D eigenvalue weighted by atomic mass is 9.95. The van der Waals surface area contributed by atoms with E-state index in [4.69, 9.17) is 5.73 Å². The summed E-state index contributed by atoms with van der Waals surface area (Å²) in [4.78, 5) is 12.2. The molecular formula is C13H20N2OS. The van der Waals surface area contributed by atoms with Crippen molar-refractivity contribution < 1.29 is 4.79 Å². The zero-order valence-corrected chi connectivity index (χ0v) is 11.0. The molecular weight excluding hydrogens is 232 g/mol. The Morgan fingerprint density at radius 1 is 1.65 bits per heavy atom. The topological polar surface area (TPSA) is 55.1 Å². The van der Waals surface area contributed by atoms with Gasteiger partial charge in [-0.3, -0.25) is 4.79 Å². The van der Waals surface area contributed by atoms with Crippen LogP contribution in [0, 0.1) is 11.8 Å². The minimum Gasteiger partial charge on any atom is -0.349 e. The van der Waals surface area contributed by atoms with Gasteiger partial charge in [-0.05, 0) is 54.6 Å². The smallest absolute Gasteiger partial charge is 0.223 e. The van der Waals surface area contributed by atoms with Gasteiger partial charge in [-0.2, -0.15) is 11.3 Å². The number of nitrogens with two attached hydrogens (primary N) is 1. The molecule has 1 aromatic rings. The number of nitrogens with one attached hydrogen (secondary N) is 1. The van der Waals surface area contributed by atoms with Crippen molar-refractivity contribution >= 4 is 17.2 Å². The molecule has 1 aliphatic rings. The molecule has 0 radical (unpaired) electrons. The summed E-state index contributed by atoms with van der Waals surface area (Å²) in [6.45, 7) is 2.66. The van der Waals surface area contributed by atoms with Crippen LogP contribution in [0.25, 0.3) is 0 Å². The van der Waals surface area contributed by atoms with Crippen LogP contribution in [0.3, 0.4) is 0 Å². The summed E-state index contributed by atoms with van der Waals surface area (Å²) in [5.41, 5.74) is 6.89. The normalized spacial score (nSPS) is 25.8. The fourth-order valence-corrected chi connectivity index (χ4v) is 3.34. The number of amides is 1. The van der Waals surface area contributed by atoms with Gasteiger partial charge in [-0.25, -0.2) is 0 Å². The first-order chi connectivity index (χ1) is 8.22. The lowest BCUT2D eigenvalue weighted by Crippen LogP contribution is -2.36. The van der Waals surface area contributed by atoms with Gasteiger partial charge in [0.15, 0.2) is 0 Å². The summed E-state index contributed by atoms with van der Waals surface area (Å²) in [6.07, 6.45) is 3.22. The SMILES string of the molecule is CC(NC(=O)C1CCCC1CN)c1ccsc1. The molecule has 4 heteroatoms. The summed E-state index contributed by atoms with van der Waals surface area (Å²) in [6, 6.07) is 2.16. The maximum Gasteiger partial charge on any atom is 0.223 e. The lowest BCUT2D eigenvalue weighted by molar-refractivity contribution is -0.126. The number of carbonyl (C=O) groups is 1. The number of carbonyl (C=O) groups excluding carboxylic acids is 1. The van der Waals surface area contributed by atoms with Gasteiger partial charge >= 0.3 is 0 Å². The average molecular weight is 252 g/mol. The molecule has 1 saturated carbocycles. The highest BCUT2D eigenvalue weighted by Crippen LogP contribution is 2.31. The van der Waals surface area contributed by atoms with Crippen molar-refractivity contribution in [1.29, 1.82) is 0 Å². The van der Waals surface area contributed by atoms with E-state index >= 15 is 0 Å². The zero-order valence-electron chi connectivity index (χ0n) is 10.2. The molecule has 0 aliphatic heterocycles. The van der Waals surface area contributed by atoms with Crippen molar-refractivity contribution in [3.63, 3.8) is 0 Å². The van der Waals surface area contributed by atoms with Crippen LogP contribution in [0.4, 0.5) is 0 Å². The van der Waals surface area contributed by atoms with Gasteiger partial charge < -0.3 is 11.1 Å². The third-order valence-electron chi connectivity index (χ3n) is 3.70. The molecule has 3 nitrogen and oxygen atoms in total. The van der Waals surface area contributed by atoms with E-state index in [1.807, 2.05) is 12.3 Å². The molecule has 0 aromatic carbocycles. The van der Waals surface area contributed by atoms with Crippen molar-refractivity contribution in [2.24, 2.45) is 17.6 Å². The predicted molar refractivity (Wildman–Crippen MR) is 70.8 cm³/mol. The first-order valence-electron chi connectivity index (χ1n) is 6.25. The van der Waals surface area contributed by atoms with Crippen LogP contribution in [0.5, 0.6) is 0 Å². The molecule has 1 amide bonds. The molecule has 3 unspecified atom stereocenters. The highest BCUT2D eigenvalue weighted by molar-refractivity contribution is 7.07. The maximum absolute atomic E-state index is 12.2. The van der Waals surface area contributed by atoms with E-state index in [-0.39, 0.29) is 17.9 Å². The van der Waals surface area contributed by atoms with Gasteiger partial charge in [0, 0.05) is 5.92 Å². The summed E-state index contributed by atoms with van der Waals surface area (Å²) < 4.78 is 0. The third kappa shape index (κ3) is 2.87. The van der Waals surface area contributed by atoms with Crippen molar-refractivity contribution in [2.45, 2.75) is 32.2 Å². The van der Waals surface area contributed by atoms with E-state index in [1.54, 1.807) is 11.3 Å². The Hall–Kier alpha value is -0.870. The zero-order chi connectivity index (χ0) is 12.3. The molecule has 0 saturated heterocycles. The molecule has 94 valence electrons. The molecule has 3 N–H and O–H groups in total. The van der Waals surface area contributed by atoms with E-state index in [1.165, 1.54) is 5.56 Å². The highest BCUT2D eigenvalue weighted by atomic mass is 32.1. The molecule has 1 fully saturated rings. The first kappa shape index (κ1) is 12.6. The van der Waals surface area contributed by atoms with Crippen molar-refractivity contribution in [2.75, 3.05) is 6.54 Å². The van der Waals surface area contributed by atoms with Crippen LogP contribution in [0.15, 0.2) is 16.8 Å². The fraction of sp³-hybridized carbons (Fsp3) is 0.615. The Labute approximate surface area is 106 Å². The van der Waals surface area contributed by atoms with Gasteiger partial charge in [-0.1, -0.05) is 6.42 Å². The summed E-state index contributed by atoms with van der Waals surface area (Å²) in [5.74, 6) is 0.683. The molecule has 1 heterocycles. The van der Waals surface area contributed by atoms with E-state index in [0.29, 0.717) is 12.5 Å². The van der Waals surface area contributed by atoms with Crippen LogP contribution in [-0.2, 0) is 4.79 Å². The second-order valence-corrected chi connectivity index (χ2v) is 5.60. The molecule has 17 heavy (non-hydrogen) atoms. The minimum absolute atomic E-state index is 0.104. The molecule has 0 spiro atoms. The summed E-state index contributed by atoms with van der Waals surface area (Å²) in [7, 11) is 0. The van der Waals surface area contributed by atoms with Crippen molar-refractivity contribution in [1.82, 2.24) is 5.32 Å². The maximum atomic E-state index is 12.2. The van der Waals surface area contributed by atoms with Gasteiger partial charge in [0.25, 0.3) is 0 Å². The largest absolute Gasteiger partial charge is 0.349 e. The molecule has 1 aliphatic carbocycles. The van der Waals surface area contributed by atoms with Crippen LogP contribution >= 0.6 is 11.3 Å². The Kier molecular flexibility index (Phi) is 4.18. The second-order valence-electron chi connectivity index (χ2n) is 4.82. The van der Waals surface area contributed by atoms with Crippen molar-refractivity contribution in [3.05, 3.63) is 22.4 Å². The van der Waals surface area contributed by atoms with E-state index in [0.717, 1.165) is 19.3 Å². The predicted octanol–water partition coefficient (Wildman–Crippen LogP) is 2.30. The Morgan fingerprint density at radius 2 is 2.47 bits per heavy atom. The van der Waals surface area contributed by atoms with Crippen LogP contribution < -0.4 is 11.1 Å². The van der Waals surface area contributed by atoms with Gasteiger partial charge in [0.2, 0.25) is 5.91 Å². The number of hydrogen-bond acceptors (Lipinski definition) is 3. The van der Waals surface area contributed by atoms with E-state index < -0.39 is 0 Å². The highest BCUT2D eigenvalue weighted by Gasteiger charge is 2.32. The van der Waals surface area contributed by atoms with Crippen LogP contribution in [0.2, 0.25) is 0 Å². The summed E-state index contributed by atoms with van der Waals surface area (Å²) in [5, 5.41) is 7.22. The van der Waals surface area contributed by atoms with Crippen molar-refractivity contribution in [3.8, 4) is 0 Å². The molecule has 0 bridgehead atoms. The Bertz CT molecular complexity index is 364. The summed E-state index contributed by atoms with van der Waals surface area (Å²) >= 11 is 1.66. The van der Waals surface area contributed by atoms with Gasteiger partial charge in [-0.15, -0.1) is 0 Å². The monoisotopic (exact) mass is 252 g/mol. The average Bonchev–Trinajstić information content (AvgIpc) is 2.99. The van der Waals surface area contributed by atoms with Gasteiger partial charge in [0.05, 0.1) is 6.04 Å². The molecule has 3 atom stereocenters. The molecule has 2 rings (SSSR count). The fourth-order valence-electron chi connectivity index (χ4n) is 2.59. The number of rotatable bonds is 4. The minimum atomic E-state index is 0.104. The van der Waals surface area contributed by atoms with Crippen LogP contribution in [0.1, 0.15) is 37.8 Å². The quantitative estimate of drug-likeness (QED) is 0.864. The van der Waals surface area contributed by atoms with E-state index in [9.17, 15) is 4.79 Å². The standard InChI is InChI=1S/C13H20N2OS/c1-9(11-5-6-17-8-11)15-13(16)12-4-2-3-10(12)7-14/h5-6,8-10,12H,2-4,7,14H2,1H3,(H,15,16). The molecule has 1 aromatic heterocycles. The van der Waals surface area contributed by atoms with Gasteiger partial charge in [0.1, 0.15) is 0 Å².